The molecule has 0 bridgehead atoms. The number of hydrogen-bond acceptors (Lipinski definition) is 8. The fraction of sp³-hybridized carbons (Fsp3) is 0.321. The standard InChI is InChI=1S/C28H33N7O2/c1-5-33(3)14-15-35-26-20(18-30-28(32-26)31-21-9-7-10-22(17-21)37-4)16-24(27(35)36)34-13-12-29-25-19(2)8-6-11-23(25)34/h6-11,16-18,29H,5,12-15H2,1-4H3,(H,30,31,32). The molecule has 37 heavy (non-hydrogen) atoms. The summed E-state index contributed by atoms with van der Waals surface area (Å²) in [6.45, 7) is 7.80. The van der Waals surface area contributed by atoms with Crippen molar-refractivity contribution in [3.05, 3.63) is 70.6 Å². The van der Waals surface area contributed by atoms with E-state index in [1.807, 2.05) is 36.4 Å². The Kier molecular flexibility index (Phi) is 6.96. The van der Waals surface area contributed by atoms with E-state index in [4.69, 9.17) is 9.72 Å². The van der Waals surface area contributed by atoms with Gasteiger partial charge in [-0.1, -0.05) is 25.1 Å². The van der Waals surface area contributed by atoms with E-state index < -0.39 is 0 Å². The molecular weight excluding hydrogens is 466 g/mol. The van der Waals surface area contributed by atoms with Crippen molar-refractivity contribution < 1.29 is 4.74 Å². The summed E-state index contributed by atoms with van der Waals surface area (Å²) in [5.41, 5.74) is 5.23. The van der Waals surface area contributed by atoms with E-state index in [0.717, 1.165) is 53.4 Å². The number of rotatable bonds is 8. The van der Waals surface area contributed by atoms with Crippen LogP contribution < -0.4 is 25.8 Å². The Morgan fingerprint density at radius 1 is 1.16 bits per heavy atom. The molecule has 9 heteroatoms. The van der Waals surface area contributed by atoms with Gasteiger partial charge in [0.05, 0.1) is 18.5 Å². The first kappa shape index (κ1) is 24.6. The lowest BCUT2D eigenvalue weighted by atomic mass is 10.1. The molecule has 0 amide bonds. The van der Waals surface area contributed by atoms with Crippen LogP contribution in [-0.2, 0) is 6.54 Å². The number of para-hydroxylation sites is 1. The van der Waals surface area contributed by atoms with Crippen LogP contribution in [0.15, 0.2) is 59.5 Å². The number of fused-ring (bicyclic) bond motifs is 2. The van der Waals surface area contributed by atoms with Crippen LogP contribution in [0.25, 0.3) is 11.0 Å². The van der Waals surface area contributed by atoms with E-state index in [1.54, 1.807) is 17.9 Å². The number of pyridine rings is 1. The monoisotopic (exact) mass is 499 g/mol. The summed E-state index contributed by atoms with van der Waals surface area (Å²) in [5, 5.41) is 7.55. The third-order valence-corrected chi connectivity index (χ3v) is 6.85. The molecule has 2 N–H and O–H groups in total. The quantitative estimate of drug-likeness (QED) is 0.370. The molecule has 3 heterocycles. The summed E-state index contributed by atoms with van der Waals surface area (Å²) in [7, 11) is 3.69. The first-order valence-corrected chi connectivity index (χ1v) is 12.6. The van der Waals surface area contributed by atoms with Gasteiger partial charge in [-0.25, -0.2) is 4.98 Å². The summed E-state index contributed by atoms with van der Waals surface area (Å²) < 4.78 is 7.11. The van der Waals surface area contributed by atoms with Gasteiger partial charge in [0, 0.05) is 49.5 Å². The Bertz CT molecular complexity index is 1480. The van der Waals surface area contributed by atoms with Gasteiger partial charge in [0.1, 0.15) is 17.1 Å². The van der Waals surface area contributed by atoms with Gasteiger partial charge in [-0.2, -0.15) is 4.98 Å². The smallest absolute Gasteiger partial charge is 0.276 e. The van der Waals surface area contributed by atoms with Crippen LogP contribution in [0.5, 0.6) is 5.75 Å². The summed E-state index contributed by atoms with van der Waals surface area (Å²) in [6.07, 6.45) is 1.78. The number of nitrogens with one attached hydrogen (secondary N) is 2. The summed E-state index contributed by atoms with van der Waals surface area (Å²) in [5.74, 6) is 1.16. The topological polar surface area (TPSA) is 87.6 Å². The van der Waals surface area contributed by atoms with Gasteiger partial charge >= 0.3 is 0 Å². The Hall–Kier alpha value is -4.11. The molecule has 2 aromatic carbocycles. The second kappa shape index (κ2) is 10.5. The molecule has 0 saturated heterocycles. The number of likely N-dealkylation sites (N-methyl/N-ethyl adjacent to an activating group) is 1. The van der Waals surface area contributed by atoms with Gasteiger partial charge in [-0.05, 0) is 50.3 Å². The average Bonchev–Trinajstić information content (AvgIpc) is 2.92. The first-order valence-electron chi connectivity index (χ1n) is 12.6. The van der Waals surface area contributed by atoms with Crippen LogP contribution in [0.1, 0.15) is 12.5 Å². The number of methoxy groups -OCH3 is 1. The van der Waals surface area contributed by atoms with Crippen molar-refractivity contribution in [1.82, 2.24) is 19.4 Å². The second-order valence-corrected chi connectivity index (χ2v) is 9.26. The van der Waals surface area contributed by atoms with E-state index in [-0.39, 0.29) is 5.56 Å². The molecule has 0 atom stereocenters. The molecule has 0 unspecified atom stereocenters. The van der Waals surface area contributed by atoms with E-state index in [0.29, 0.717) is 30.4 Å². The normalized spacial score (nSPS) is 12.9. The molecule has 0 fully saturated rings. The molecule has 4 aromatic rings. The van der Waals surface area contributed by atoms with Gasteiger partial charge in [0.2, 0.25) is 5.95 Å². The molecule has 0 spiro atoms. The number of benzene rings is 2. The maximum atomic E-state index is 14.0. The highest BCUT2D eigenvalue weighted by Gasteiger charge is 2.23. The third kappa shape index (κ3) is 4.95. The minimum Gasteiger partial charge on any atom is -0.497 e. The molecule has 192 valence electrons. The Morgan fingerprint density at radius 2 is 2.00 bits per heavy atom. The van der Waals surface area contributed by atoms with Gasteiger partial charge in [0.15, 0.2) is 0 Å². The minimum atomic E-state index is -0.0580. The lowest BCUT2D eigenvalue weighted by Crippen LogP contribution is -2.37. The highest BCUT2D eigenvalue weighted by Crippen LogP contribution is 2.36. The Balaban J connectivity index is 1.61. The van der Waals surface area contributed by atoms with Crippen molar-refractivity contribution in [2.45, 2.75) is 20.4 Å². The van der Waals surface area contributed by atoms with Crippen LogP contribution in [0, 0.1) is 6.92 Å². The van der Waals surface area contributed by atoms with Crippen LogP contribution in [0.3, 0.4) is 0 Å². The van der Waals surface area contributed by atoms with Crippen molar-refractivity contribution in [3.8, 4) is 5.75 Å². The van der Waals surface area contributed by atoms with Gasteiger partial charge in [-0.15, -0.1) is 0 Å². The van der Waals surface area contributed by atoms with E-state index in [2.05, 4.69) is 58.4 Å². The molecule has 9 nitrogen and oxygen atoms in total. The van der Waals surface area contributed by atoms with Crippen molar-refractivity contribution in [3.63, 3.8) is 0 Å². The predicted molar refractivity (Wildman–Crippen MR) is 150 cm³/mol. The molecule has 5 rings (SSSR count). The van der Waals surface area contributed by atoms with Crippen LogP contribution in [0.2, 0.25) is 0 Å². The Morgan fingerprint density at radius 3 is 2.81 bits per heavy atom. The molecule has 0 saturated carbocycles. The number of hydrogen-bond donors (Lipinski definition) is 2. The molecule has 1 aliphatic rings. The molecule has 0 radical (unpaired) electrons. The van der Waals surface area contributed by atoms with E-state index >= 15 is 0 Å². The zero-order valence-electron chi connectivity index (χ0n) is 21.8. The lowest BCUT2D eigenvalue weighted by molar-refractivity contribution is 0.335. The van der Waals surface area contributed by atoms with Crippen molar-refractivity contribution >= 4 is 39.7 Å². The molecule has 0 aliphatic carbocycles. The highest BCUT2D eigenvalue weighted by atomic mass is 16.5. The zero-order valence-corrected chi connectivity index (χ0v) is 21.8. The van der Waals surface area contributed by atoms with Crippen molar-refractivity contribution in [2.75, 3.05) is 55.9 Å². The number of nitrogens with zero attached hydrogens (tertiary/aromatic N) is 5. The SMILES string of the molecule is CCN(C)CCn1c(=O)c(N2CCNc3c(C)cccc32)cc2cnc(Nc3cccc(OC)c3)nc21. The van der Waals surface area contributed by atoms with E-state index in [9.17, 15) is 4.79 Å². The third-order valence-electron chi connectivity index (χ3n) is 6.85. The molecule has 2 aromatic heterocycles. The van der Waals surface area contributed by atoms with Crippen molar-refractivity contribution in [2.24, 2.45) is 0 Å². The zero-order chi connectivity index (χ0) is 25.9. The fourth-order valence-corrected chi connectivity index (χ4v) is 4.63. The van der Waals surface area contributed by atoms with Crippen LogP contribution in [0.4, 0.5) is 28.7 Å². The van der Waals surface area contributed by atoms with Gasteiger partial charge < -0.3 is 25.2 Å². The lowest BCUT2D eigenvalue weighted by Gasteiger charge is -2.33. The fourth-order valence-electron chi connectivity index (χ4n) is 4.63. The maximum Gasteiger partial charge on any atom is 0.276 e. The maximum absolute atomic E-state index is 14.0. The van der Waals surface area contributed by atoms with Gasteiger partial charge in [0.25, 0.3) is 5.56 Å². The van der Waals surface area contributed by atoms with Crippen LogP contribution >= 0.6 is 0 Å². The largest absolute Gasteiger partial charge is 0.497 e. The first-order chi connectivity index (χ1) is 18.0. The number of ether oxygens (including phenoxy) is 1. The van der Waals surface area contributed by atoms with Gasteiger partial charge in [-0.3, -0.25) is 9.36 Å². The molecular formula is C28H33N7O2. The summed E-state index contributed by atoms with van der Waals surface area (Å²) in [4.78, 5) is 27.7. The number of aromatic nitrogens is 3. The van der Waals surface area contributed by atoms with Crippen LogP contribution in [-0.4, -0.2) is 59.8 Å². The predicted octanol–water partition coefficient (Wildman–Crippen LogP) is 4.37. The Labute approximate surface area is 216 Å². The summed E-state index contributed by atoms with van der Waals surface area (Å²) >= 11 is 0. The summed E-state index contributed by atoms with van der Waals surface area (Å²) in [6, 6.07) is 15.7. The number of anilines is 5. The highest BCUT2D eigenvalue weighted by molar-refractivity contribution is 5.85. The minimum absolute atomic E-state index is 0.0580. The average molecular weight is 500 g/mol. The molecule has 1 aliphatic heterocycles. The van der Waals surface area contributed by atoms with E-state index in [1.165, 1.54) is 0 Å². The second-order valence-electron chi connectivity index (χ2n) is 9.26. The number of aryl methyl sites for hydroxylation is 1. The van der Waals surface area contributed by atoms with Crippen molar-refractivity contribution in [1.29, 1.82) is 0 Å².